The Bertz CT molecular complexity index is 1250. The van der Waals surface area contributed by atoms with Crippen molar-refractivity contribution in [2.75, 3.05) is 20.1 Å². The number of unbranched alkanes of at least 4 members (excludes halogenated alkanes) is 2. The van der Waals surface area contributed by atoms with Gasteiger partial charge in [0.15, 0.2) is 0 Å². The summed E-state index contributed by atoms with van der Waals surface area (Å²) in [6.07, 6.45) is 7.19. The van der Waals surface area contributed by atoms with E-state index in [-0.39, 0.29) is 23.6 Å². The molecular formula is C32H42N4O3. The van der Waals surface area contributed by atoms with Gasteiger partial charge in [-0.25, -0.2) is 0 Å². The molecule has 39 heavy (non-hydrogen) atoms. The molecule has 0 radical (unpaired) electrons. The molecule has 2 atom stereocenters. The van der Waals surface area contributed by atoms with Gasteiger partial charge in [0.25, 0.3) is 0 Å². The number of rotatable bonds is 13. The van der Waals surface area contributed by atoms with Gasteiger partial charge in [-0.05, 0) is 69.8 Å². The Labute approximate surface area is 231 Å². The molecule has 7 heteroatoms. The van der Waals surface area contributed by atoms with E-state index < -0.39 is 6.04 Å². The summed E-state index contributed by atoms with van der Waals surface area (Å²) in [5.41, 5.74) is 4.43. The standard InChI is InChI=1S/C32H42N4O3/c1-23(37)13-5-3-8-18-28(35-32(39)29-19-11-12-22-36(29)2)31(38)33-21-20-26-25-16-9-10-17-27(25)34-30(26)24-14-6-4-7-15-24/h4,6-7,9-10,14-17,28-29,34H,3,5,8,11-13,18-22H2,1-2H3,(H,33,38)(H,35,39)/t28-,29-/m0/s1. The van der Waals surface area contributed by atoms with E-state index >= 15 is 0 Å². The van der Waals surface area contributed by atoms with E-state index in [1.807, 2.05) is 37.4 Å². The molecule has 7 nitrogen and oxygen atoms in total. The van der Waals surface area contributed by atoms with Gasteiger partial charge in [0, 0.05) is 29.6 Å². The third-order valence-electron chi connectivity index (χ3n) is 7.78. The second-order valence-electron chi connectivity index (χ2n) is 10.8. The van der Waals surface area contributed by atoms with Gasteiger partial charge < -0.3 is 20.4 Å². The lowest BCUT2D eigenvalue weighted by Gasteiger charge is -2.32. The highest BCUT2D eigenvalue weighted by Crippen LogP contribution is 2.30. The number of aromatic amines is 1. The number of hydrogen-bond donors (Lipinski definition) is 3. The first-order valence-corrected chi connectivity index (χ1v) is 14.4. The van der Waals surface area contributed by atoms with Gasteiger partial charge in [-0.3, -0.25) is 14.5 Å². The molecule has 4 rings (SSSR count). The Kier molecular flexibility index (Phi) is 10.3. The van der Waals surface area contributed by atoms with Gasteiger partial charge in [0.05, 0.1) is 6.04 Å². The van der Waals surface area contributed by atoms with Crippen LogP contribution in [0.1, 0.15) is 63.9 Å². The zero-order valence-corrected chi connectivity index (χ0v) is 23.3. The van der Waals surface area contributed by atoms with Crippen molar-refractivity contribution in [1.82, 2.24) is 20.5 Å². The highest BCUT2D eigenvalue weighted by atomic mass is 16.2. The maximum absolute atomic E-state index is 13.4. The van der Waals surface area contributed by atoms with Crippen molar-refractivity contribution in [3.05, 3.63) is 60.2 Å². The molecule has 3 N–H and O–H groups in total. The van der Waals surface area contributed by atoms with E-state index in [9.17, 15) is 14.4 Å². The summed E-state index contributed by atoms with van der Waals surface area (Å²) in [5.74, 6) is -0.0244. The summed E-state index contributed by atoms with van der Waals surface area (Å²) in [6.45, 7) is 2.98. The highest BCUT2D eigenvalue weighted by Gasteiger charge is 2.29. The number of likely N-dealkylation sites (tertiary alicyclic amines) is 1. The van der Waals surface area contributed by atoms with Crippen LogP contribution < -0.4 is 10.6 Å². The molecule has 2 heterocycles. The molecule has 1 aliphatic rings. The number of H-pyrrole nitrogens is 1. The monoisotopic (exact) mass is 530 g/mol. The molecule has 1 aliphatic heterocycles. The average Bonchev–Trinajstić information content (AvgIpc) is 3.31. The van der Waals surface area contributed by atoms with E-state index in [1.54, 1.807) is 6.92 Å². The molecule has 2 amide bonds. The summed E-state index contributed by atoms with van der Waals surface area (Å²) < 4.78 is 0. The van der Waals surface area contributed by atoms with Gasteiger partial charge >= 0.3 is 0 Å². The Balaban J connectivity index is 1.41. The quantitative estimate of drug-likeness (QED) is 0.271. The number of likely N-dealkylation sites (N-methyl/N-ethyl adjacent to an activating group) is 1. The van der Waals surface area contributed by atoms with Crippen LogP contribution in [0.15, 0.2) is 54.6 Å². The number of benzene rings is 2. The van der Waals surface area contributed by atoms with Crippen molar-refractivity contribution in [3.63, 3.8) is 0 Å². The smallest absolute Gasteiger partial charge is 0.242 e. The number of hydrogen-bond acceptors (Lipinski definition) is 4. The lowest BCUT2D eigenvalue weighted by molar-refractivity contribution is -0.132. The maximum Gasteiger partial charge on any atom is 0.242 e. The maximum atomic E-state index is 13.4. The predicted octanol–water partition coefficient (Wildman–Crippen LogP) is 5.00. The lowest BCUT2D eigenvalue weighted by Crippen LogP contribution is -2.54. The first-order chi connectivity index (χ1) is 18.9. The van der Waals surface area contributed by atoms with Crippen LogP contribution in [0.4, 0.5) is 0 Å². The number of piperidine rings is 1. The van der Waals surface area contributed by atoms with E-state index in [2.05, 4.69) is 44.8 Å². The minimum atomic E-state index is -0.582. The molecular weight excluding hydrogens is 488 g/mol. The van der Waals surface area contributed by atoms with Gasteiger partial charge in [0.2, 0.25) is 11.8 Å². The van der Waals surface area contributed by atoms with Gasteiger partial charge in [-0.2, -0.15) is 0 Å². The van der Waals surface area contributed by atoms with E-state index in [4.69, 9.17) is 0 Å². The number of aromatic nitrogens is 1. The summed E-state index contributed by atoms with van der Waals surface area (Å²) in [4.78, 5) is 43.4. The van der Waals surface area contributed by atoms with E-state index in [1.165, 1.54) is 5.56 Å². The zero-order valence-electron chi connectivity index (χ0n) is 23.3. The van der Waals surface area contributed by atoms with E-state index in [0.29, 0.717) is 25.8 Å². The minimum Gasteiger partial charge on any atom is -0.354 e. The number of amides is 2. The largest absolute Gasteiger partial charge is 0.354 e. The molecule has 1 aromatic heterocycles. The van der Waals surface area contributed by atoms with Crippen molar-refractivity contribution in [2.24, 2.45) is 0 Å². The molecule has 0 unspecified atom stereocenters. The van der Waals surface area contributed by atoms with Gasteiger partial charge in [-0.1, -0.05) is 67.8 Å². The molecule has 208 valence electrons. The van der Waals surface area contributed by atoms with Crippen LogP contribution in [0.2, 0.25) is 0 Å². The number of ketones is 1. The van der Waals surface area contributed by atoms with Crippen molar-refractivity contribution >= 4 is 28.5 Å². The molecule has 0 aliphatic carbocycles. The van der Waals surface area contributed by atoms with Crippen LogP contribution >= 0.6 is 0 Å². The number of fused-ring (bicyclic) bond motifs is 1. The number of carbonyl (C=O) groups is 3. The lowest BCUT2D eigenvalue weighted by atomic mass is 10.0. The molecule has 2 aromatic carbocycles. The molecule has 0 saturated carbocycles. The number of nitrogens with zero attached hydrogens (tertiary/aromatic N) is 1. The first kappa shape index (κ1) is 28.6. The topological polar surface area (TPSA) is 94.3 Å². The van der Waals surface area contributed by atoms with Gasteiger partial charge in [-0.15, -0.1) is 0 Å². The SMILES string of the molecule is CC(=O)CCCCC[C@H](NC(=O)[C@@H]1CCCCN1C)C(=O)NCCc1c(-c2ccccc2)[nH]c2ccccc12. The molecule has 1 saturated heterocycles. The van der Waals surface area contributed by atoms with E-state index in [0.717, 1.165) is 67.2 Å². The van der Waals surface area contributed by atoms with Crippen molar-refractivity contribution in [2.45, 2.75) is 76.8 Å². The Morgan fingerprint density at radius 2 is 1.77 bits per heavy atom. The molecule has 3 aromatic rings. The van der Waals surface area contributed by atoms with Crippen LogP contribution in [0.25, 0.3) is 22.2 Å². The number of nitrogens with one attached hydrogen (secondary N) is 3. The second kappa shape index (κ2) is 14.1. The summed E-state index contributed by atoms with van der Waals surface area (Å²) in [5, 5.41) is 7.32. The van der Waals surface area contributed by atoms with Crippen molar-refractivity contribution in [1.29, 1.82) is 0 Å². The number of para-hydroxylation sites is 1. The Morgan fingerprint density at radius 1 is 1.00 bits per heavy atom. The molecule has 0 spiro atoms. The summed E-state index contributed by atoms with van der Waals surface area (Å²) in [6, 6.07) is 17.7. The fourth-order valence-corrected chi connectivity index (χ4v) is 5.59. The number of carbonyl (C=O) groups excluding carboxylic acids is 3. The fourth-order valence-electron chi connectivity index (χ4n) is 5.59. The normalized spacial score (nSPS) is 16.6. The Morgan fingerprint density at radius 3 is 2.54 bits per heavy atom. The van der Waals surface area contributed by atoms with Crippen LogP contribution in [-0.2, 0) is 20.8 Å². The van der Waals surface area contributed by atoms with Crippen LogP contribution in [-0.4, -0.2) is 59.7 Å². The minimum absolute atomic E-state index is 0.0657. The third kappa shape index (κ3) is 7.79. The summed E-state index contributed by atoms with van der Waals surface area (Å²) in [7, 11) is 1.98. The van der Waals surface area contributed by atoms with Crippen LogP contribution in [0.5, 0.6) is 0 Å². The molecule has 1 fully saturated rings. The van der Waals surface area contributed by atoms with Crippen LogP contribution in [0, 0.1) is 0 Å². The zero-order chi connectivity index (χ0) is 27.6. The second-order valence-corrected chi connectivity index (χ2v) is 10.8. The highest BCUT2D eigenvalue weighted by molar-refractivity contribution is 5.91. The molecule has 0 bridgehead atoms. The van der Waals surface area contributed by atoms with Gasteiger partial charge in [0.1, 0.15) is 11.8 Å². The van der Waals surface area contributed by atoms with Crippen molar-refractivity contribution < 1.29 is 14.4 Å². The predicted molar refractivity (Wildman–Crippen MR) is 156 cm³/mol. The summed E-state index contributed by atoms with van der Waals surface area (Å²) >= 11 is 0. The third-order valence-corrected chi connectivity index (χ3v) is 7.78. The average molecular weight is 531 g/mol. The Hall–Kier alpha value is -3.45. The van der Waals surface area contributed by atoms with Crippen molar-refractivity contribution in [3.8, 4) is 11.3 Å². The first-order valence-electron chi connectivity index (χ1n) is 14.4. The number of Topliss-reactive ketones (excluding diaryl/α,β-unsaturated/α-hetero) is 1. The van der Waals surface area contributed by atoms with Crippen LogP contribution in [0.3, 0.4) is 0 Å². The fraction of sp³-hybridized carbons (Fsp3) is 0.469.